The predicted molar refractivity (Wildman–Crippen MR) is 192 cm³/mol. The van der Waals surface area contributed by atoms with E-state index in [0.717, 1.165) is 11.1 Å². The zero-order chi connectivity index (χ0) is 36.8. The van der Waals surface area contributed by atoms with Crippen molar-refractivity contribution in [1.82, 2.24) is 19.9 Å². The minimum atomic E-state index is -4.63. The van der Waals surface area contributed by atoms with Gasteiger partial charge in [-0.15, -0.1) is 0 Å². The van der Waals surface area contributed by atoms with Gasteiger partial charge in [0.25, 0.3) is 0 Å². The first-order valence-electron chi connectivity index (χ1n) is 14.4. The van der Waals surface area contributed by atoms with Crippen molar-refractivity contribution >= 4 is 34.8 Å². The molecule has 52 heavy (non-hydrogen) atoms. The molecular weight excluding hydrogens is 761 g/mol. The van der Waals surface area contributed by atoms with Crippen molar-refractivity contribution in [2.24, 2.45) is 0 Å². The SMILES string of the molecule is C.C.C.C[C@@H](O)[C@@H](C)OCc1ccccc1.C[C@@H](OCc1ccccc1)[C@@H](C)Oc1nc(Cl)ncc1C(F)(F)F.FC(F)(F)c1cnc(Cl)nc1Cl. The standard InChI is InChI=1S/C16H16ClF3N2O2.C11H16O2.C5HCl2F3N2.3CH4/c1-10(23-9-12-6-4-3-5-7-12)11(2)24-14-13(16(18,19)20)8-21-15(17)22-14;1-9(12)10(2)13-8-11-6-4-3-5-7-11;6-3-2(5(8,9)10)1-11-4(7)12-3;;;/h3-8,10-11H,9H2,1-2H3;3-7,9-10,12H,8H2,1-2H3;1H;3*1H4/t10-,11-;9-,10-;;;;/m11..../s1. The number of hydrogen-bond acceptors (Lipinski definition) is 8. The van der Waals surface area contributed by atoms with Gasteiger partial charge in [0.05, 0.1) is 31.5 Å². The number of aromatic nitrogens is 4. The van der Waals surface area contributed by atoms with Crippen LogP contribution in [0.2, 0.25) is 15.7 Å². The van der Waals surface area contributed by atoms with Gasteiger partial charge in [-0.05, 0) is 62.0 Å². The van der Waals surface area contributed by atoms with Gasteiger partial charge in [-0.3, -0.25) is 0 Å². The van der Waals surface area contributed by atoms with Crippen LogP contribution in [-0.2, 0) is 35.0 Å². The molecule has 0 bridgehead atoms. The van der Waals surface area contributed by atoms with Crippen LogP contribution < -0.4 is 4.74 Å². The second kappa shape index (κ2) is 24.1. The molecule has 0 aliphatic rings. The average molecular weight is 806 g/mol. The van der Waals surface area contributed by atoms with Crippen LogP contribution in [0.25, 0.3) is 0 Å². The summed E-state index contributed by atoms with van der Waals surface area (Å²) in [6, 6.07) is 19.4. The molecule has 0 spiro atoms. The highest BCUT2D eigenvalue weighted by atomic mass is 35.5. The van der Waals surface area contributed by atoms with Gasteiger partial charge < -0.3 is 19.3 Å². The molecular formula is C35H45Cl3F6N4O4. The molecule has 2 aromatic heterocycles. The van der Waals surface area contributed by atoms with Gasteiger partial charge in [-0.2, -0.15) is 31.3 Å². The summed E-state index contributed by atoms with van der Waals surface area (Å²) in [6.07, 6.45) is -9.68. The van der Waals surface area contributed by atoms with Crippen molar-refractivity contribution in [1.29, 1.82) is 0 Å². The molecule has 0 saturated carbocycles. The first-order valence-corrected chi connectivity index (χ1v) is 15.5. The Kier molecular flexibility index (Phi) is 23.6. The zero-order valence-electron chi connectivity index (χ0n) is 26.5. The van der Waals surface area contributed by atoms with Crippen LogP contribution in [-0.4, -0.2) is 49.5 Å². The van der Waals surface area contributed by atoms with Crippen LogP contribution in [0.1, 0.15) is 72.2 Å². The van der Waals surface area contributed by atoms with E-state index < -0.39 is 52.8 Å². The molecule has 0 saturated heterocycles. The van der Waals surface area contributed by atoms with Crippen molar-refractivity contribution in [3.63, 3.8) is 0 Å². The summed E-state index contributed by atoms with van der Waals surface area (Å²) in [5, 5.41) is 7.85. The van der Waals surface area contributed by atoms with Gasteiger partial charge >= 0.3 is 12.4 Å². The van der Waals surface area contributed by atoms with Crippen LogP contribution in [0.15, 0.2) is 73.1 Å². The molecule has 0 aliphatic heterocycles. The summed E-state index contributed by atoms with van der Waals surface area (Å²) in [4.78, 5) is 13.2. The van der Waals surface area contributed by atoms with Gasteiger partial charge in [-0.1, -0.05) is 94.5 Å². The maximum Gasteiger partial charge on any atom is 0.423 e. The molecule has 0 aliphatic carbocycles. The van der Waals surface area contributed by atoms with Gasteiger partial charge in [0, 0.05) is 12.4 Å². The summed E-state index contributed by atoms with van der Waals surface area (Å²) < 4.78 is 91.2. The monoisotopic (exact) mass is 804 g/mol. The Labute approximate surface area is 316 Å². The maximum atomic E-state index is 13.0. The number of aliphatic hydroxyl groups is 1. The number of ether oxygens (including phenoxy) is 3. The highest BCUT2D eigenvalue weighted by molar-refractivity contribution is 6.32. The molecule has 2 aromatic carbocycles. The van der Waals surface area contributed by atoms with E-state index in [9.17, 15) is 31.4 Å². The van der Waals surface area contributed by atoms with Gasteiger partial charge in [-0.25, -0.2) is 15.0 Å². The number of hydrogen-bond donors (Lipinski definition) is 1. The van der Waals surface area contributed by atoms with E-state index in [4.69, 9.17) is 49.0 Å². The number of alkyl halides is 6. The van der Waals surface area contributed by atoms with Crippen molar-refractivity contribution in [2.75, 3.05) is 0 Å². The van der Waals surface area contributed by atoms with Crippen molar-refractivity contribution in [2.45, 2.75) is 100.0 Å². The molecule has 0 radical (unpaired) electrons. The molecule has 4 aromatic rings. The van der Waals surface area contributed by atoms with E-state index >= 15 is 0 Å². The van der Waals surface area contributed by atoms with Crippen molar-refractivity contribution < 1.29 is 45.7 Å². The Bertz CT molecular complexity index is 1560. The van der Waals surface area contributed by atoms with Crippen molar-refractivity contribution in [3.05, 3.63) is 111 Å². The number of nitrogens with zero attached hydrogens (tertiary/aromatic N) is 4. The van der Waals surface area contributed by atoms with E-state index in [1.165, 1.54) is 0 Å². The van der Waals surface area contributed by atoms with Crippen molar-refractivity contribution in [3.8, 4) is 5.88 Å². The lowest BCUT2D eigenvalue weighted by molar-refractivity contribution is -0.140. The lowest BCUT2D eigenvalue weighted by atomic mass is 10.2. The Morgan fingerprint density at radius 2 is 1.02 bits per heavy atom. The van der Waals surface area contributed by atoms with E-state index in [0.29, 0.717) is 25.6 Å². The fourth-order valence-electron chi connectivity index (χ4n) is 3.31. The maximum absolute atomic E-state index is 13.0. The zero-order valence-corrected chi connectivity index (χ0v) is 28.8. The minimum Gasteiger partial charge on any atom is -0.471 e. The van der Waals surface area contributed by atoms with Gasteiger partial charge in [0.1, 0.15) is 22.4 Å². The Balaban J connectivity index is 0. The molecule has 292 valence electrons. The number of rotatable bonds is 10. The first-order chi connectivity index (χ1) is 22.9. The van der Waals surface area contributed by atoms with E-state index in [-0.39, 0.29) is 39.0 Å². The summed E-state index contributed by atoms with van der Waals surface area (Å²) in [5.74, 6) is -0.606. The van der Waals surface area contributed by atoms with E-state index in [1.54, 1.807) is 20.8 Å². The summed E-state index contributed by atoms with van der Waals surface area (Å²) in [7, 11) is 0. The summed E-state index contributed by atoms with van der Waals surface area (Å²) >= 11 is 15.9. The topological polar surface area (TPSA) is 99.5 Å². The third-order valence-corrected chi connectivity index (χ3v) is 7.05. The quantitative estimate of drug-likeness (QED) is 0.0961. The highest BCUT2D eigenvalue weighted by Crippen LogP contribution is 2.36. The molecule has 4 rings (SSSR count). The fraction of sp³-hybridized carbons (Fsp3) is 0.429. The second-order valence-corrected chi connectivity index (χ2v) is 11.3. The molecule has 8 nitrogen and oxygen atoms in total. The Hall–Kier alpha value is -3.27. The number of halogens is 9. The molecule has 2 heterocycles. The largest absolute Gasteiger partial charge is 0.471 e. The number of benzene rings is 2. The first kappa shape index (κ1) is 50.8. The minimum absolute atomic E-state index is 0. The number of aliphatic hydroxyl groups excluding tert-OH is 1. The van der Waals surface area contributed by atoms with E-state index in [1.807, 2.05) is 67.6 Å². The molecule has 0 amide bonds. The average Bonchev–Trinajstić information content (AvgIpc) is 3.02. The van der Waals surface area contributed by atoms with E-state index in [2.05, 4.69) is 19.9 Å². The molecule has 0 unspecified atom stereocenters. The van der Waals surface area contributed by atoms with Crippen LogP contribution in [0.4, 0.5) is 26.3 Å². The summed E-state index contributed by atoms with van der Waals surface area (Å²) in [6.45, 7) is 7.80. The normalized spacial score (nSPS) is 13.1. The third-order valence-electron chi connectivity index (χ3n) is 6.40. The highest BCUT2D eigenvalue weighted by Gasteiger charge is 2.37. The Morgan fingerprint density at radius 3 is 1.42 bits per heavy atom. The van der Waals surface area contributed by atoms with Gasteiger partial charge in [0.15, 0.2) is 0 Å². The summed E-state index contributed by atoms with van der Waals surface area (Å²) in [5.41, 5.74) is -0.0739. The smallest absolute Gasteiger partial charge is 0.423 e. The van der Waals surface area contributed by atoms with Crippen LogP contribution in [0.3, 0.4) is 0 Å². The van der Waals surface area contributed by atoms with Crippen LogP contribution in [0, 0.1) is 0 Å². The van der Waals surface area contributed by atoms with Crippen LogP contribution >= 0.6 is 34.8 Å². The molecule has 1 N–H and O–H groups in total. The second-order valence-electron chi connectivity index (χ2n) is 10.3. The lowest BCUT2D eigenvalue weighted by Crippen LogP contribution is -2.30. The molecule has 4 atom stereocenters. The molecule has 17 heteroatoms. The Morgan fingerprint density at radius 1 is 0.615 bits per heavy atom. The fourth-order valence-corrected chi connectivity index (χ4v) is 3.85. The van der Waals surface area contributed by atoms with Gasteiger partial charge in [0.2, 0.25) is 16.4 Å². The molecule has 0 fully saturated rings. The van der Waals surface area contributed by atoms with Crippen LogP contribution in [0.5, 0.6) is 5.88 Å². The predicted octanol–water partition coefficient (Wildman–Crippen LogP) is 11.2. The lowest BCUT2D eigenvalue weighted by Gasteiger charge is -2.23. The third kappa shape index (κ3) is 18.5.